The number of ether oxygens (including phenoxy) is 1. The van der Waals surface area contributed by atoms with Crippen LogP contribution in [0.4, 0.5) is 0 Å². The molecule has 0 spiro atoms. The van der Waals surface area contributed by atoms with E-state index < -0.39 is 0 Å². The molecule has 0 radical (unpaired) electrons. The number of piperazine rings is 1. The molecule has 3 heterocycles. The second kappa shape index (κ2) is 7.57. The van der Waals surface area contributed by atoms with Crippen LogP contribution in [0.25, 0.3) is 0 Å². The van der Waals surface area contributed by atoms with Crippen LogP contribution >= 0.6 is 0 Å². The second-order valence-electron chi connectivity index (χ2n) is 6.47. The van der Waals surface area contributed by atoms with Crippen molar-refractivity contribution >= 4 is 0 Å². The summed E-state index contributed by atoms with van der Waals surface area (Å²) in [6, 6.07) is 0.116. The van der Waals surface area contributed by atoms with Crippen molar-refractivity contribution in [2.45, 2.75) is 32.4 Å². The highest BCUT2D eigenvalue weighted by molar-refractivity contribution is 5.43. The van der Waals surface area contributed by atoms with Gasteiger partial charge in [-0.3, -0.25) is 9.88 Å². The first-order valence-electron chi connectivity index (χ1n) is 8.53. The molecular weight excluding hydrogens is 294 g/mol. The highest BCUT2D eigenvalue weighted by Crippen LogP contribution is 2.41. The van der Waals surface area contributed by atoms with Gasteiger partial charge in [-0.15, -0.1) is 0 Å². The Balaban J connectivity index is 2.01. The standard InChI is InChI=1S/C17H27N3O3/c1-12-17(22)15(14(11-21)10-19-12)16(13-2-8-23-9-3-13)20-6-4-18-5-7-20/h10,13,16,18,21-22H,2-9,11H2,1H3/t16-/m1/s1. The topological polar surface area (TPSA) is 77.9 Å². The SMILES string of the molecule is Cc1ncc(CO)c([C@@H](C2CCOCC2)N2CCNCC2)c1O. The average Bonchev–Trinajstić information content (AvgIpc) is 2.61. The third-order valence-electron chi connectivity index (χ3n) is 5.08. The minimum atomic E-state index is -0.0953. The van der Waals surface area contributed by atoms with Crippen LogP contribution < -0.4 is 5.32 Å². The molecule has 0 saturated carbocycles. The molecule has 2 aliphatic rings. The number of nitrogens with one attached hydrogen (secondary N) is 1. The highest BCUT2D eigenvalue weighted by Gasteiger charge is 2.34. The molecule has 2 saturated heterocycles. The van der Waals surface area contributed by atoms with Gasteiger partial charge in [0.2, 0.25) is 0 Å². The van der Waals surface area contributed by atoms with Gasteiger partial charge < -0.3 is 20.3 Å². The zero-order valence-electron chi connectivity index (χ0n) is 13.8. The van der Waals surface area contributed by atoms with Crippen LogP contribution in [-0.4, -0.2) is 59.5 Å². The Hall–Kier alpha value is -1.21. The van der Waals surface area contributed by atoms with Crippen molar-refractivity contribution in [3.63, 3.8) is 0 Å². The van der Waals surface area contributed by atoms with Crippen LogP contribution in [-0.2, 0) is 11.3 Å². The fourth-order valence-corrected chi connectivity index (χ4v) is 3.82. The van der Waals surface area contributed by atoms with Crippen LogP contribution in [0, 0.1) is 12.8 Å². The van der Waals surface area contributed by atoms with Crippen molar-refractivity contribution in [1.82, 2.24) is 15.2 Å². The quantitative estimate of drug-likeness (QED) is 0.767. The first-order chi connectivity index (χ1) is 11.2. The van der Waals surface area contributed by atoms with Gasteiger partial charge in [0, 0.05) is 62.8 Å². The van der Waals surface area contributed by atoms with E-state index in [2.05, 4.69) is 15.2 Å². The van der Waals surface area contributed by atoms with Crippen LogP contribution in [0.3, 0.4) is 0 Å². The number of hydrogen-bond donors (Lipinski definition) is 3. The second-order valence-corrected chi connectivity index (χ2v) is 6.47. The van der Waals surface area contributed by atoms with Gasteiger partial charge in [0.05, 0.1) is 12.3 Å². The van der Waals surface area contributed by atoms with Crippen LogP contribution in [0.5, 0.6) is 5.75 Å². The maximum atomic E-state index is 10.7. The monoisotopic (exact) mass is 321 g/mol. The molecular formula is C17H27N3O3. The Morgan fingerprint density at radius 1 is 1.35 bits per heavy atom. The van der Waals surface area contributed by atoms with Crippen LogP contribution in [0.1, 0.15) is 35.7 Å². The van der Waals surface area contributed by atoms with Gasteiger partial charge in [-0.1, -0.05) is 0 Å². The van der Waals surface area contributed by atoms with E-state index in [1.807, 2.05) is 6.92 Å². The molecule has 1 aromatic rings. The van der Waals surface area contributed by atoms with Gasteiger partial charge in [0.15, 0.2) is 0 Å². The normalized spacial score (nSPS) is 22.2. The first kappa shape index (κ1) is 16.6. The van der Waals surface area contributed by atoms with E-state index in [-0.39, 0.29) is 18.4 Å². The lowest BCUT2D eigenvalue weighted by atomic mass is 9.83. The van der Waals surface area contributed by atoms with E-state index in [0.29, 0.717) is 11.6 Å². The molecule has 6 heteroatoms. The van der Waals surface area contributed by atoms with Crippen LogP contribution in [0.2, 0.25) is 0 Å². The molecule has 2 aliphatic heterocycles. The zero-order valence-corrected chi connectivity index (χ0v) is 13.8. The molecule has 128 valence electrons. The smallest absolute Gasteiger partial charge is 0.141 e. The molecule has 0 aliphatic carbocycles. The molecule has 0 amide bonds. The lowest BCUT2D eigenvalue weighted by molar-refractivity contribution is 0.0200. The Kier molecular flexibility index (Phi) is 5.48. The minimum Gasteiger partial charge on any atom is -0.506 e. The van der Waals surface area contributed by atoms with Crippen molar-refractivity contribution in [3.05, 3.63) is 23.0 Å². The van der Waals surface area contributed by atoms with E-state index in [0.717, 1.165) is 63.4 Å². The number of rotatable bonds is 4. The third-order valence-corrected chi connectivity index (χ3v) is 5.08. The van der Waals surface area contributed by atoms with E-state index in [4.69, 9.17) is 4.74 Å². The summed E-state index contributed by atoms with van der Waals surface area (Å²) in [6.45, 7) is 7.08. The Bertz CT molecular complexity index is 508. The molecule has 6 nitrogen and oxygen atoms in total. The van der Waals surface area contributed by atoms with Crippen molar-refractivity contribution < 1.29 is 14.9 Å². The van der Waals surface area contributed by atoms with Gasteiger partial charge in [-0.2, -0.15) is 0 Å². The van der Waals surface area contributed by atoms with E-state index >= 15 is 0 Å². The lowest BCUT2D eigenvalue weighted by Gasteiger charge is -2.42. The molecule has 1 atom stereocenters. The number of aromatic nitrogens is 1. The van der Waals surface area contributed by atoms with Crippen molar-refractivity contribution in [1.29, 1.82) is 0 Å². The van der Waals surface area contributed by atoms with Crippen molar-refractivity contribution in [2.75, 3.05) is 39.4 Å². The third kappa shape index (κ3) is 3.50. The molecule has 3 N–H and O–H groups in total. The number of aryl methyl sites for hydroxylation is 1. The molecule has 0 unspecified atom stereocenters. The summed E-state index contributed by atoms with van der Waals surface area (Å²) in [5.41, 5.74) is 2.24. The van der Waals surface area contributed by atoms with Gasteiger partial charge >= 0.3 is 0 Å². The van der Waals surface area contributed by atoms with Gasteiger partial charge in [-0.25, -0.2) is 0 Å². The molecule has 1 aromatic heterocycles. The van der Waals surface area contributed by atoms with Gasteiger partial charge in [0.25, 0.3) is 0 Å². The van der Waals surface area contributed by atoms with Crippen molar-refractivity contribution in [2.24, 2.45) is 5.92 Å². The highest BCUT2D eigenvalue weighted by atomic mass is 16.5. The number of aromatic hydroxyl groups is 1. The summed E-state index contributed by atoms with van der Waals surface area (Å²) < 4.78 is 5.53. The Morgan fingerprint density at radius 2 is 2.04 bits per heavy atom. The molecule has 2 fully saturated rings. The number of hydrogen-bond acceptors (Lipinski definition) is 6. The predicted molar refractivity (Wildman–Crippen MR) is 87.3 cm³/mol. The summed E-state index contributed by atoms with van der Waals surface area (Å²) in [6.07, 6.45) is 3.68. The molecule has 0 aromatic carbocycles. The van der Waals surface area contributed by atoms with E-state index in [1.54, 1.807) is 6.20 Å². The van der Waals surface area contributed by atoms with Crippen LogP contribution in [0.15, 0.2) is 6.20 Å². The average molecular weight is 321 g/mol. The first-order valence-corrected chi connectivity index (χ1v) is 8.53. The summed E-state index contributed by atoms with van der Waals surface area (Å²) >= 11 is 0. The maximum absolute atomic E-state index is 10.7. The molecule has 0 bridgehead atoms. The number of pyridine rings is 1. The summed E-state index contributed by atoms with van der Waals surface area (Å²) in [4.78, 5) is 6.66. The van der Waals surface area contributed by atoms with E-state index in [9.17, 15) is 10.2 Å². The minimum absolute atomic E-state index is 0.0953. The fourth-order valence-electron chi connectivity index (χ4n) is 3.82. The van der Waals surface area contributed by atoms with Gasteiger partial charge in [-0.05, 0) is 25.7 Å². The molecule has 3 rings (SSSR count). The lowest BCUT2D eigenvalue weighted by Crippen LogP contribution is -2.47. The predicted octanol–water partition coefficient (Wildman–Crippen LogP) is 0.961. The zero-order chi connectivity index (χ0) is 16.2. The summed E-state index contributed by atoms with van der Waals surface area (Å²) in [7, 11) is 0. The summed E-state index contributed by atoms with van der Waals surface area (Å²) in [5, 5.41) is 23.9. The van der Waals surface area contributed by atoms with Gasteiger partial charge in [0.1, 0.15) is 5.75 Å². The number of aliphatic hydroxyl groups excluding tert-OH is 1. The summed E-state index contributed by atoms with van der Waals surface area (Å²) in [5.74, 6) is 0.673. The Morgan fingerprint density at radius 3 is 2.70 bits per heavy atom. The largest absolute Gasteiger partial charge is 0.506 e. The van der Waals surface area contributed by atoms with E-state index in [1.165, 1.54) is 0 Å². The number of aliphatic hydroxyl groups is 1. The van der Waals surface area contributed by atoms with Crippen molar-refractivity contribution in [3.8, 4) is 5.75 Å². The fraction of sp³-hybridized carbons (Fsp3) is 0.706. The Labute approximate surface area is 137 Å². The maximum Gasteiger partial charge on any atom is 0.141 e. The number of nitrogens with zero attached hydrogens (tertiary/aromatic N) is 2. The molecule has 23 heavy (non-hydrogen) atoms.